The summed E-state index contributed by atoms with van der Waals surface area (Å²) in [5, 5.41) is 8.80. The van der Waals surface area contributed by atoms with E-state index in [-0.39, 0.29) is 18.5 Å². The van der Waals surface area contributed by atoms with Gasteiger partial charge in [0, 0.05) is 12.8 Å². The van der Waals surface area contributed by atoms with Crippen LogP contribution in [0.2, 0.25) is 0 Å². The van der Waals surface area contributed by atoms with E-state index in [9.17, 15) is 9.59 Å². The SMILES string of the molecule is CCCCCCC/C=C\C/C=C\CCCC(CCCCCCCC(=O)O)OC(=O)CCCCCCCCCCCCCC. The molecule has 0 fully saturated rings. The van der Waals surface area contributed by atoms with Crippen LogP contribution < -0.4 is 0 Å². The normalized spacial score (nSPS) is 12.4. The number of carbonyl (C=O) groups excluding carboxylic acids is 1. The van der Waals surface area contributed by atoms with Gasteiger partial charge >= 0.3 is 11.9 Å². The van der Waals surface area contributed by atoms with E-state index in [1.54, 1.807) is 0 Å². The largest absolute Gasteiger partial charge is 0.481 e. The van der Waals surface area contributed by atoms with Crippen molar-refractivity contribution in [3.8, 4) is 0 Å². The molecule has 0 saturated carbocycles. The molecule has 1 atom stereocenters. The number of ether oxygens (including phenoxy) is 1. The van der Waals surface area contributed by atoms with Crippen molar-refractivity contribution in [2.24, 2.45) is 0 Å². The number of unbranched alkanes of at least 4 members (excludes halogenated alkanes) is 21. The number of allylic oxidation sites excluding steroid dienone is 4. The second-order valence-corrected chi connectivity index (χ2v) is 12.8. The molecule has 0 spiro atoms. The van der Waals surface area contributed by atoms with Crippen LogP contribution in [0.1, 0.15) is 206 Å². The molecule has 4 nitrogen and oxygen atoms in total. The molecule has 0 heterocycles. The van der Waals surface area contributed by atoms with Crippen LogP contribution in [0.3, 0.4) is 0 Å². The van der Waals surface area contributed by atoms with Gasteiger partial charge in [-0.05, 0) is 64.2 Å². The van der Waals surface area contributed by atoms with Crippen LogP contribution in [-0.4, -0.2) is 23.1 Å². The van der Waals surface area contributed by atoms with E-state index in [0.29, 0.717) is 6.42 Å². The van der Waals surface area contributed by atoms with E-state index in [2.05, 4.69) is 38.2 Å². The van der Waals surface area contributed by atoms with Crippen molar-refractivity contribution in [3.05, 3.63) is 24.3 Å². The summed E-state index contributed by atoms with van der Waals surface area (Å²) < 4.78 is 5.96. The molecule has 4 heteroatoms. The van der Waals surface area contributed by atoms with Gasteiger partial charge in [0.1, 0.15) is 6.10 Å². The van der Waals surface area contributed by atoms with Crippen molar-refractivity contribution in [3.63, 3.8) is 0 Å². The van der Waals surface area contributed by atoms with Crippen molar-refractivity contribution in [1.29, 1.82) is 0 Å². The lowest BCUT2D eigenvalue weighted by Crippen LogP contribution is -2.18. The Kier molecular flexibility index (Phi) is 33.6. The third-order valence-corrected chi connectivity index (χ3v) is 8.43. The monoisotopic (exact) mass is 605 g/mol. The molecular formula is C39H72O4. The summed E-state index contributed by atoms with van der Waals surface area (Å²) >= 11 is 0. The predicted octanol–water partition coefficient (Wildman–Crippen LogP) is 12.8. The number of aliphatic carboxylic acids is 1. The smallest absolute Gasteiger partial charge is 0.306 e. The lowest BCUT2D eigenvalue weighted by Gasteiger charge is -2.18. The average Bonchev–Trinajstić information content (AvgIpc) is 2.99. The van der Waals surface area contributed by atoms with Gasteiger partial charge < -0.3 is 9.84 Å². The standard InChI is InChI=1S/C39H72O4/c1-3-5-7-9-11-13-15-17-18-20-22-25-29-33-37(34-30-26-24-27-31-35-38(40)41)43-39(42)36-32-28-23-21-19-16-14-12-10-8-6-4-2/h15,17,20,22,37H,3-14,16,18-19,21,23-36H2,1-2H3,(H,40,41)/b17-15-,22-20-. The Morgan fingerprint density at radius 3 is 1.47 bits per heavy atom. The van der Waals surface area contributed by atoms with Crippen molar-refractivity contribution >= 4 is 11.9 Å². The third kappa shape index (κ3) is 34.8. The maximum atomic E-state index is 12.6. The highest BCUT2D eigenvalue weighted by molar-refractivity contribution is 5.69. The summed E-state index contributed by atoms with van der Waals surface area (Å²) in [4.78, 5) is 23.3. The highest BCUT2D eigenvalue weighted by Crippen LogP contribution is 2.18. The van der Waals surface area contributed by atoms with Crippen LogP contribution in [0.25, 0.3) is 0 Å². The maximum Gasteiger partial charge on any atom is 0.306 e. The van der Waals surface area contributed by atoms with Crippen LogP contribution in [0.5, 0.6) is 0 Å². The molecule has 1 N–H and O–H groups in total. The Labute approximate surface area is 267 Å². The highest BCUT2D eigenvalue weighted by Gasteiger charge is 2.14. The molecule has 252 valence electrons. The Hall–Kier alpha value is -1.58. The van der Waals surface area contributed by atoms with E-state index < -0.39 is 5.97 Å². The molecule has 0 bridgehead atoms. The predicted molar refractivity (Wildman–Crippen MR) is 186 cm³/mol. The molecule has 0 saturated heterocycles. The molecular weight excluding hydrogens is 532 g/mol. The van der Waals surface area contributed by atoms with E-state index in [4.69, 9.17) is 9.84 Å². The number of carboxylic acids is 1. The van der Waals surface area contributed by atoms with E-state index in [0.717, 1.165) is 77.0 Å². The van der Waals surface area contributed by atoms with Crippen LogP contribution in [-0.2, 0) is 14.3 Å². The Balaban J connectivity index is 4.13. The first-order chi connectivity index (χ1) is 21.1. The number of rotatable bonds is 34. The first kappa shape index (κ1) is 41.4. The summed E-state index contributed by atoms with van der Waals surface area (Å²) in [6.07, 6.45) is 43.3. The van der Waals surface area contributed by atoms with Gasteiger partial charge in [0.05, 0.1) is 0 Å². The average molecular weight is 605 g/mol. The zero-order valence-electron chi connectivity index (χ0n) is 28.8. The molecule has 0 aliphatic heterocycles. The summed E-state index contributed by atoms with van der Waals surface area (Å²) in [6.45, 7) is 4.53. The fraction of sp³-hybridized carbons (Fsp3) is 0.846. The Morgan fingerprint density at radius 1 is 0.512 bits per heavy atom. The molecule has 0 aliphatic rings. The Morgan fingerprint density at radius 2 is 0.930 bits per heavy atom. The molecule has 0 aliphatic carbocycles. The molecule has 0 radical (unpaired) electrons. The van der Waals surface area contributed by atoms with Crippen molar-refractivity contribution in [2.75, 3.05) is 0 Å². The molecule has 1 unspecified atom stereocenters. The zero-order chi connectivity index (χ0) is 31.5. The number of carboxylic acid groups (broad SMARTS) is 1. The van der Waals surface area contributed by atoms with E-state index >= 15 is 0 Å². The molecule has 0 amide bonds. The number of esters is 1. The minimum atomic E-state index is -0.706. The molecule has 43 heavy (non-hydrogen) atoms. The second-order valence-electron chi connectivity index (χ2n) is 12.8. The van der Waals surface area contributed by atoms with Crippen LogP contribution >= 0.6 is 0 Å². The minimum absolute atomic E-state index is 0.0184. The topological polar surface area (TPSA) is 63.6 Å². The summed E-state index contributed by atoms with van der Waals surface area (Å²) in [7, 11) is 0. The van der Waals surface area contributed by atoms with E-state index in [1.165, 1.54) is 103 Å². The summed E-state index contributed by atoms with van der Waals surface area (Å²) in [6, 6.07) is 0. The van der Waals surface area contributed by atoms with Gasteiger partial charge in [-0.1, -0.05) is 154 Å². The van der Waals surface area contributed by atoms with Gasteiger partial charge in [0.25, 0.3) is 0 Å². The zero-order valence-corrected chi connectivity index (χ0v) is 28.8. The Bertz CT molecular complexity index is 654. The minimum Gasteiger partial charge on any atom is -0.481 e. The number of carbonyl (C=O) groups is 2. The van der Waals surface area contributed by atoms with E-state index in [1.807, 2.05) is 0 Å². The number of hydrogen-bond acceptors (Lipinski definition) is 3. The fourth-order valence-electron chi connectivity index (χ4n) is 5.63. The lowest BCUT2D eigenvalue weighted by atomic mass is 10.0. The van der Waals surface area contributed by atoms with Gasteiger partial charge in [-0.3, -0.25) is 9.59 Å². The van der Waals surface area contributed by atoms with Gasteiger partial charge in [0.15, 0.2) is 0 Å². The second kappa shape index (κ2) is 34.9. The van der Waals surface area contributed by atoms with Crippen LogP contribution in [0.15, 0.2) is 24.3 Å². The molecule has 0 aromatic rings. The van der Waals surface area contributed by atoms with Crippen LogP contribution in [0, 0.1) is 0 Å². The van der Waals surface area contributed by atoms with Crippen molar-refractivity contribution in [1.82, 2.24) is 0 Å². The molecule has 0 rings (SSSR count). The lowest BCUT2D eigenvalue weighted by molar-refractivity contribution is -0.150. The quantitative estimate of drug-likeness (QED) is 0.0451. The fourth-order valence-corrected chi connectivity index (χ4v) is 5.63. The van der Waals surface area contributed by atoms with Gasteiger partial charge in [-0.15, -0.1) is 0 Å². The van der Waals surface area contributed by atoms with Gasteiger partial charge in [-0.2, -0.15) is 0 Å². The van der Waals surface area contributed by atoms with Gasteiger partial charge in [-0.25, -0.2) is 0 Å². The first-order valence-electron chi connectivity index (χ1n) is 18.8. The van der Waals surface area contributed by atoms with Crippen molar-refractivity contribution in [2.45, 2.75) is 213 Å². The first-order valence-corrected chi connectivity index (χ1v) is 18.8. The maximum absolute atomic E-state index is 12.6. The molecule has 0 aromatic heterocycles. The summed E-state index contributed by atoms with van der Waals surface area (Å²) in [5.41, 5.74) is 0. The highest BCUT2D eigenvalue weighted by atomic mass is 16.5. The van der Waals surface area contributed by atoms with Crippen LogP contribution in [0.4, 0.5) is 0 Å². The molecule has 0 aromatic carbocycles. The number of hydrogen-bond donors (Lipinski definition) is 1. The summed E-state index contributed by atoms with van der Waals surface area (Å²) in [5.74, 6) is -0.725. The van der Waals surface area contributed by atoms with Gasteiger partial charge in [0.2, 0.25) is 0 Å². The third-order valence-electron chi connectivity index (χ3n) is 8.43. The van der Waals surface area contributed by atoms with Crippen molar-refractivity contribution < 1.29 is 19.4 Å².